The second-order valence-electron chi connectivity index (χ2n) is 5.30. The molecular weight excluding hydrogens is 200 g/mol. The minimum Gasteiger partial charge on any atom is -0.381 e. The summed E-state index contributed by atoms with van der Waals surface area (Å²) in [5.74, 6) is 0.910. The summed E-state index contributed by atoms with van der Waals surface area (Å²) >= 11 is 0. The molecule has 1 heterocycles. The molecule has 1 saturated heterocycles. The topological polar surface area (TPSA) is 33.3 Å². The van der Waals surface area contributed by atoms with Crippen LogP contribution in [0.3, 0.4) is 0 Å². The van der Waals surface area contributed by atoms with E-state index < -0.39 is 0 Å². The van der Waals surface area contributed by atoms with Crippen molar-refractivity contribution in [2.45, 2.75) is 50.6 Å². The van der Waals surface area contributed by atoms with Gasteiger partial charge in [-0.15, -0.1) is 0 Å². The first-order valence-electron chi connectivity index (χ1n) is 6.87. The molecule has 3 heteroatoms. The molecule has 0 unspecified atom stereocenters. The molecular formula is C13H26N2O. The Hall–Kier alpha value is -0.120. The minimum atomic E-state index is 0.718. The van der Waals surface area contributed by atoms with Crippen LogP contribution in [0.4, 0.5) is 0 Å². The normalized spacial score (nSPS) is 32.8. The van der Waals surface area contributed by atoms with E-state index in [1.54, 1.807) is 0 Å². The van der Waals surface area contributed by atoms with E-state index >= 15 is 0 Å². The van der Waals surface area contributed by atoms with Crippen LogP contribution in [0.15, 0.2) is 0 Å². The van der Waals surface area contributed by atoms with Crippen molar-refractivity contribution < 1.29 is 4.74 Å². The lowest BCUT2D eigenvalue weighted by atomic mass is 9.86. The number of ether oxygens (including phenoxy) is 1. The minimum absolute atomic E-state index is 0.718. The highest BCUT2D eigenvalue weighted by Gasteiger charge is 2.21. The second kappa shape index (κ2) is 6.58. The van der Waals surface area contributed by atoms with Gasteiger partial charge < -0.3 is 15.4 Å². The molecule has 0 aromatic carbocycles. The van der Waals surface area contributed by atoms with Crippen LogP contribution < -0.4 is 10.6 Å². The fourth-order valence-corrected chi connectivity index (χ4v) is 2.89. The van der Waals surface area contributed by atoms with E-state index in [2.05, 4.69) is 17.7 Å². The highest BCUT2D eigenvalue weighted by molar-refractivity contribution is 4.79. The lowest BCUT2D eigenvalue weighted by Crippen LogP contribution is -2.39. The Morgan fingerprint density at radius 1 is 0.938 bits per heavy atom. The van der Waals surface area contributed by atoms with E-state index in [0.717, 1.165) is 31.2 Å². The van der Waals surface area contributed by atoms with E-state index in [0.29, 0.717) is 0 Å². The molecule has 0 atom stereocenters. The predicted molar refractivity (Wildman–Crippen MR) is 66.6 cm³/mol. The lowest BCUT2D eigenvalue weighted by Gasteiger charge is -2.30. The maximum Gasteiger partial charge on any atom is 0.0480 e. The zero-order valence-corrected chi connectivity index (χ0v) is 10.5. The van der Waals surface area contributed by atoms with Gasteiger partial charge in [-0.2, -0.15) is 0 Å². The van der Waals surface area contributed by atoms with Crippen LogP contribution in [0.25, 0.3) is 0 Å². The van der Waals surface area contributed by atoms with Gasteiger partial charge in [-0.05, 0) is 58.0 Å². The van der Waals surface area contributed by atoms with Crippen molar-refractivity contribution in [1.82, 2.24) is 10.6 Å². The van der Waals surface area contributed by atoms with Crippen molar-refractivity contribution in [3.63, 3.8) is 0 Å². The summed E-state index contributed by atoms with van der Waals surface area (Å²) in [7, 11) is 2.09. The van der Waals surface area contributed by atoms with E-state index in [1.807, 2.05) is 0 Å². The lowest BCUT2D eigenvalue weighted by molar-refractivity contribution is 0.0762. The monoisotopic (exact) mass is 226 g/mol. The van der Waals surface area contributed by atoms with Gasteiger partial charge in [0, 0.05) is 25.3 Å². The first-order valence-corrected chi connectivity index (χ1v) is 6.87. The van der Waals surface area contributed by atoms with Gasteiger partial charge in [0.1, 0.15) is 0 Å². The van der Waals surface area contributed by atoms with Crippen molar-refractivity contribution in [1.29, 1.82) is 0 Å². The maximum atomic E-state index is 5.37. The van der Waals surface area contributed by atoms with Crippen molar-refractivity contribution >= 4 is 0 Å². The summed E-state index contributed by atoms with van der Waals surface area (Å²) in [5, 5.41) is 7.12. The molecule has 1 saturated carbocycles. The summed E-state index contributed by atoms with van der Waals surface area (Å²) in [5.41, 5.74) is 0. The van der Waals surface area contributed by atoms with Crippen molar-refractivity contribution in [3.05, 3.63) is 0 Å². The molecule has 2 aliphatic rings. The largest absolute Gasteiger partial charge is 0.381 e. The summed E-state index contributed by atoms with van der Waals surface area (Å²) in [6, 6.07) is 1.50. The van der Waals surface area contributed by atoms with Crippen LogP contribution in [-0.4, -0.2) is 38.9 Å². The van der Waals surface area contributed by atoms with Gasteiger partial charge in [0.15, 0.2) is 0 Å². The molecule has 0 spiro atoms. The molecule has 16 heavy (non-hydrogen) atoms. The third kappa shape index (κ3) is 3.72. The maximum absolute atomic E-state index is 5.37. The molecule has 3 nitrogen and oxygen atoms in total. The Morgan fingerprint density at radius 2 is 1.62 bits per heavy atom. The third-order valence-electron chi connectivity index (χ3n) is 4.17. The van der Waals surface area contributed by atoms with Gasteiger partial charge in [-0.1, -0.05) is 0 Å². The van der Waals surface area contributed by atoms with Crippen LogP contribution in [-0.2, 0) is 4.74 Å². The fraction of sp³-hybridized carbons (Fsp3) is 1.00. The summed E-state index contributed by atoms with van der Waals surface area (Å²) in [4.78, 5) is 0. The smallest absolute Gasteiger partial charge is 0.0480 e. The zero-order chi connectivity index (χ0) is 11.2. The van der Waals surface area contributed by atoms with Crippen LogP contribution >= 0.6 is 0 Å². The Kier molecular flexibility index (Phi) is 5.07. The quantitative estimate of drug-likeness (QED) is 0.763. The van der Waals surface area contributed by atoms with Crippen molar-refractivity contribution in [2.75, 3.05) is 26.8 Å². The van der Waals surface area contributed by atoms with Gasteiger partial charge >= 0.3 is 0 Å². The Labute approximate surface area is 99.3 Å². The van der Waals surface area contributed by atoms with Crippen molar-refractivity contribution in [3.8, 4) is 0 Å². The molecule has 0 radical (unpaired) electrons. The molecule has 0 amide bonds. The Balaban J connectivity index is 1.59. The third-order valence-corrected chi connectivity index (χ3v) is 4.17. The fourth-order valence-electron chi connectivity index (χ4n) is 2.89. The number of hydrogen-bond donors (Lipinski definition) is 2. The van der Waals surface area contributed by atoms with Crippen LogP contribution in [0.1, 0.15) is 38.5 Å². The summed E-state index contributed by atoms with van der Waals surface area (Å²) in [6.45, 7) is 3.12. The van der Waals surface area contributed by atoms with Crippen LogP contribution in [0.5, 0.6) is 0 Å². The first kappa shape index (κ1) is 12.3. The molecule has 94 valence electrons. The SMILES string of the molecule is CNC1CCC(CNC2CCOCC2)CC1. The molecule has 2 N–H and O–H groups in total. The molecule has 0 aromatic heterocycles. The molecule has 1 aliphatic carbocycles. The van der Waals surface area contributed by atoms with E-state index in [4.69, 9.17) is 4.74 Å². The molecule has 1 aliphatic heterocycles. The highest BCUT2D eigenvalue weighted by Crippen LogP contribution is 2.23. The number of rotatable bonds is 4. The molecule has 2 rings (SSSR count). The Morgan fingerprint density at radius 3 is 2.25 bits per heavy atom. The van der Waals surface area contributed by atoms with E-state index in [-0.39, 0.29) is 0 Å². The van der Waals surface area contributed by atoms with Crippen LogP contribution in [0.2, 0.25) is 0 Å². The average Bonchev–Trinajstić information content (AvgIpc) is 2.38. The first-order chi connectivity index (χ1) is 7.88. The van der Waals surface area contributed by atoms with Gasteiger partial charge in [0.05, 0.1) is 0 Å². The van der Waals surface area contributed by atoms with Crippen LogP contribution in [0, 0.1) is 5.92 Å². The van der Waals surface area contributed by atoms with Gasteiger partial charge in [0.2, 0.25) is 0 Å². The number of nitrogens with one attached hydrogen (secondary N) is 2. The van der Waals surface area contributed by atoms with Gasteiger partial charge in [-0.3, -0.25) is 0 Å². The standard InChI is InChI=1S/C13H26N2O/c1-14-12-4-2-11(3-5-12)10-15-13-6-8-16-9-7-13/h11-15H,2-10H2,1H3. The van der Waals surface area contributed by atoms with E-state index in [1.165, 1.54) is 45.1 Å². The Bertz CT molecular complexity index is 184. The molecule has 0 aromatic rings. The highest BCUT2D eigenvalue weighted by atomic mass is 16.5. The summed E-state index contributed by atoms with van der Waals surface area (Å²) in [6.07, 6.45) is 7.90. The predicted octanol–water partition coefficient (Wildman–Crippen LogP) is 1.53. The second-order valence-corrected chi connectivity index (χ2v) is 5.30. The average molecular weight is 226 g/mol. The van der Waals surface area contributed by atoms with Gasteiger partial charge in [0.25, 0.3) is 0 Å². The zero-order valence-electron chi connectivity index (χ0n) is 10.5. The molecule has 2 fully saturated rings. The van der Waals surface area contributed by atoms with Gasteiger partial charge in [-0.25, -0.2) is 0 Å². The summed E-state index contributed by atoms with van der Waals surface area (Å²) < 4.78 is 5.37. The van der Waals surface area contributed by atoms with E-state index in [9.17, 15) is 0 Å². The molecule has 0 bridgehead atoms. The van der Waals surface area contributed by atoms with Crippen molar-refractivity contribution in [2.24, 2.45) is 5.92 Å². The number of hydrogen-bond acceptors (Lipinski definition) is 3.